The highest BCUT2D eigenvalue weighted by Gasteiger charge is 2.63. The Balaban J connectivity index is 1.70. The fourth-order valence-electron chi connectivity index (χ4n) is 7.76. The molecule has 0 aliphatic heterocycles. The van der Waals surface area contributed by atoms with Gasteiger partial charge < -0.3 is 9.84 Å². The maximum absolute atomic E-state index is 10.2. The number of aliphatic hydroxyl groups is 1. The number of hydrogen-bond acceptors (Lipinski definition) is 3. The van der Waals surface area contributed by atoms with E-state index in [1.54, 1.807) is 0 Å². The Hall–Kier alpha value is -0.590. The molecule has 0 heterocycles. The summed E-state index contributed by atoms with van der Waals surface area (Å²) >= 11 is 0. The van der Waals surface area contributed by atoms with Crippen LogP contribution in [-0.2, 0) is 4.74 Å². The van der Waals surface area contributed by atoms with Crippen LogP contribution in [0.15, 0.2) is 0 Å². The molecule has 24 heavy (non-hydrogen) atoms. The van der Waals surface area contributed by atoms with Gasteiger partial charge in [-0.3, -0.25) is 0 Å². The lowest BCUT2D eigenvalue weighted by Crippen LogP contribution is -2.59. The van der Waals surface area contributed by atoms with E-state index >= 15 is 0 Å². The van der Waals surface area contributed by atoms with Crippen LogP contribution in [0.3, 0.4) is 0 Å². The number of nitriles is 1. The second-order valence-electron chi connectivity index (χ2n) is 9.75. The first-order valence-corrected chi connectivity index (χ1v) is 10.0. The molecule has 4 saturated carbocycles. The minimum atomic E-state index is -0.0936. The summed E-state index contributed by atoms with van der Waals surface area (Å²) in [5, 5.41) is 19.8. The summed E-state index contributed by atoms with van der Waals surface area (Å²) in [5.41, 5.74) is 0.461. The standard InChI is InChI=1S/C21H33NO2/c1-20-9-8-15(23)10-13(20)4-6-16-17-7-5-14(12-22)21(17,2)11-18(24-3)19(16)20/h13-19,23H,4-11H2,1-3H3. The van der Waals surface area contributed by atoms with Crippen molar-refractivity contribution >= 4 is 0 Å². The van der Waals surface area contributed by atoms with Crippen molar-refractivity contribution in [2.75, 3.05) is 7.11 Å². The fourth-order valence-corrected chi connectivity index (χ4v) is 7.76. The van der Waals surface area contributed by atoms with Crippen molar-refractivity contribution in [3.8, 4) is 6.07 Å². The van der Waals surface area contributed by atoms with Gasteiger partial charge in [0.25, 0.3) is 0 Å². The zero-order valence-corrected chi connectivity index (χ0v) is 15.5. The van der Waals surface area contributed by atoms with Crippen LogP contribution in [0.1, 0.15) is 65.2 Å². The van der Waals surface area contributed by atoms with Crippen LogP contribution in [0.4, 0.5) is 0 Å². The van der Waals surface area contributed by atoms with Crippen LogP contribution in [0, 0.1) is 51.8 Å². The van der Waals surface area contributed by atoms with E-state index < -0.39 is 0 Å². The Kier molecular flexibility index (Phi) is 4.01. The molecule has 3 heteroatoms. The average Bonchev–Trinajstić information content (AvgIpc) is 2.90. The fraction of sp³-hybridized carbons (Fsp3) is 0.952. The number of aliphatic hydroxyl groups excluding tert-OH is 1. The maximum atomic E-state index is 10.2. The lowest BCUT2D eigenvalue weighted by atomic mass is 9.44. The molecular formula is C21H33NO2. The Morgan fingerprint density at radius 3 is 2.58 bits per heavy atom. The van der Waals surface area contributed by atoms with E-state index in [9.17, 15) is 10.4 Å². The zero-order chi connectivity index (χ0) is 17.1. The lowest BCUT2D eigenvalue weighted by Gasteiger charge is -2.62. The minimum Gasteiger partial charge on any atom is -0.393 e. The van der Waals surface area contributed by atoms with E-state index in [4.69, 9.17) is 4.74 Å². The molecule has 4 aliphatic carbocycles. The van der Waals surface area contributed by atoms with Gasteiger partial charge in [-0.25, -0.2) is 0 Å². The van der Waals surface area contributed by atoms with Crippen LogP contribution >= 0.6 is 0 Å². The summed E-state index contributed by atoms with van der Waals surface area (Å²) in [7, 11) is 1.88. The predicted molar refractivity (Wildman–Crippen MR) is 93.0 cm³/mol. The Morgan fingerprint density at radius 1 is 1.08 bits per heavy atom. The zero-order valence-electron chi connectivity index (χ0n) is 15.5. The third-order valence-electron chi connectivity index (χ3n) is 9.00. The molecule has 0 saturated heterocycles. The maximum Gasteiger partial charge on any atom is 0.0661 e. The van der Waals surface area contributed by atoms with Crippen molar-refractivity contribution in [1.29, 1.82) is 5.26 Å². The second kappa shape index (κ2) is 5.71. The van der Waals surface area contributed by atoms with Gasteiger partial charge in [0, 0.05) is 7.11 Å². The molecule has 9 atom stereocenters. The average molecular weight is 332 g/mol. The molecule has 0 aromatic rings. The van der Waals surface area contributed by atoms with Crippen molar-refractivity contribution in [3.63, 3.8) is 0 Å². The Morgan fingerprint density at radius 2 is 1.88 bits per heavy atom. The highest BCUT2D eigenvalue weighted by molar-refractivity contribution is 5.15. The molecular weight excluding hydrogens is 298 g/mol. The van der Waals surface area contributed by atoms with Crippen LogP contribution < -0.4 is 0 Å². The lowest BCUT2D eigenvalue weighted by molar-refractivity contribution is -0.183. The molecule has 0 aromatic carbocycles. The highest BCUT2D eigenvalue weighted by Crippen LogP contribution is 2.67. The van der Waals surface area contributed by atoms with Gasteiger partial charge >= 0.3 is 0 Å². The van der Waals surface area contributed by atoms with E-state index in [0.717, 1.165) is 32.1 Å². The topological polar surface area (TPSA) is 53.2 Å². The number of rotatable bonds is 1. The van der Waals surface area contributed by atoms with Gasteiger partial charge in [-0.15, -0.1) is 0 Å². The van der Waals surface area contributed by atoms with E-state index in [1.807, 2.05) is 7.11 Å². The molecule has 0 amide bonds. The summed E-state index contributed by atoms with van der Waals surface area (Å²) < 4.78 is 6.10. The molecule has 0 radical (unpaired) electrons. The van der Waals surface area contributed by atoms with Crippen molar-refractivity contribution in [2.45, 2.75) is 77.4 Å². The summed E-state index contributed by atoms with van der Waals surface area (Å²) in [6, 6.07) is 2.63. The highest BCUT2D eigenvalue weighted by atomic mass is 16.5. The molecule has 4 aliphatic rings. The molecule has 0 aromatic heterocycles. The van der Waals surface area contributed by atoms with Crippen LogP contribution in [0.2, 0.25) is 0 Å². The third-order valence-corrected chi connectivity index (χ3v) is 9.00. The van der Waals surface area contributed by atoms with Gasteiger partial charge in [0.15, 0.2) is 0 Å². The summed E-state index contributed by atoms with van der Waals surface area (Å²) in [4.78, 5) is 0. The monoisotopic (exact) mass is 331 g/mol. The van der Waals surface area contributed by atoms with Crippen LogP contribution in [0.25, 0.3) is 0 Å². The van der Waals surface area contributed by atoms with E-state index in [-0.39, 0.29) is 23.5 Å². The normalized spacial score (nSPS) is 56.7. The Labute approximate surface area is 146 Å². The molecule has 3 nitrogen and oxygen atoms in total. The SMILES string of the molecule is COC1CC2(C)C(C#N)CCC2C2CCC3CC(O)CCC3(C)C12. The molecule has 0 bridgehead atoms. The number of ether oxygens (including phenoxy) is 1. The van der Waals surface area contributed by atoms with Gasteiger partial charge in [-0.1, -0.05) is 13.8 Å². The second-order valence-corrected chi connectivity index (χ2v) is 9.75. The minimum absolute atomic E-state index is 0.0936. The number of hydrogen-bond donors (Lipinski definition) is 1. The summed E-state index contributed by atoms with van der Waals surface area (Å²) in [6.07, 6.45) is 9.17. The summed E-state index contributed by atoms with van der Waals surface area (Å²) in [6.45, 7) is 4.87. The van der Waals surface area contributed by atoms with Crippen molar-refractivity contribution in [3.05, 3.63) is 0 Å². The predicted octanol–water partition coefficient (Wildman–Crippen LogP) is 4.15. The van der Waals surface area contributed by atoms with Crippen LogP contribution in [-0.4, -0.2) is 24.4 Å². The molecule has 4 fully saturated rings. The number of fused-ring (bicyclic) bond motifs is 5. The molecule has 1 N–H and O–H groups in total. The van der Waals surface area contributed by atoms with Gasteiger partial charge in [0.2, 0.25) is 0 Å². The molecule has 4 rings (SSSR count). The largest absolute Gasteiger partial charge is 0.393 e. The van der Waals surface area contributed by atoms with Gasteiger partial charge in [-0.05, 0) is 85.9 Å². The van der Waals surface area contributed by atoms with Crippen molar-refractivity contribution in [2.24, 2.45) is 40.4 Å². The molecule has 134 valence electrons. The third kappa shape index (κ3) is 2.15. The first-order chi connectivity index (χ1) is 11.4. The first-order valence-electron chi connectivity index (χ1n) is 10.0. The Bertz CT molecular complexity index is 542. The smallest absolute Gasteiger partial charge is 0.0661 e. The van der Waals surface area contributed by atoms with E-state index in [1.165, 1.54) is 19.3 Å². The van der Waals surface area contributed by atoms with Crippen molar-refractivity contribution < 1.29 is 9.84 Å². The first kappa shape index (κ1) is 16.9. The van der Waals surface area contributed by atoms with E-state index in [0.29, 0.717) is 29.1 Å². The van der Waals surface area contributed by atoms with Gasteiger partial charge in [0.1, 0.15) is 0 Å². The quantitative estimate of drug-likeness (QED) is 0.785. The number of methoxy groups -OCH3 is 1. The van der Waals surface area contributed by atoms with Crippen LogP contribution in [0.5, 0.6) is 0 Å². The van der Waals surface area contributed by atoms with Gasteiger partial charge in [0.05, 0.1) is 24.2 Å². The summed E-state index contributed by atoms with van der Waals surface area (Å²) in [5.74, 6) is 2.88. The molecule has 0 spiro atoms. The van der Waals surface area contributed by atoms with E-state index in [2.05, 4.69) is 19.9 Å². The van der Waals surface area contributed by atoms with Crippen molar-refractivity contribution in [1.82, 2.24) is 0 Å². The molecule has 9 unspecified atom stereocenters. The number of nitrogens with zero attached hydrogens (tertiary/aromatic N) is 1. The van der Waals surface area contributed by atoms with Gasteiger partial charge in [-0.2, -0.15) is 5.26 Å².